The maximum Gasteiger partial charge on any atom is 0.269 e. The van der Waals surface area contributed by atoms with E-state index in [1.807, 2.05) is 24.0 Å². The lowest BCUT2D eigenvalue weighted by atomic mass is 9.92. The molecule has 7 heteroatoms. The van der Waals surface area contributed by atoms with E-state index < -0.39 is 0 Å². The molecule has 3 heterocycles. The van der Waals surface area contributed by atoms with Gasteiger partial charge in [-0.1, -0.05) is 6.07 Å². The van der Waals surface area contributed by atoms with Crippen molar-refractivity contribution in [3.63, 3.8) is 0 Å². The molecule has 0 aromatic carbocycles. The van der Waals surface area contributed by atoms with Gasteiger partial charge in [-0.05, 0) is 43.5 Å². The molecular weight excluding hydrogens is 368 g/mol. The molecule has 0 aliphatic carbocycles. The highest BCUT2D eigenvalue weighted by atomic mass is 16.5. The Hall–Kier alpha value is -2.80. The van der Waals surface area contributed by atoms with E-state index >= 15 is 0 Å². The summed E-state index contributed by atoms with van der Waals surface area (Å²) < 4.78 is 5.03. The van der Waals surface area contributed by atoms with Crippen LogP contribution in [-0.4, -0.2) is 60.5 Å². The normalized spacial score (nSPS) is 16.5. The first-order valence-electron chi connectivity index (χ1n) is 9.95. The van der Waals surface area contributed by atoms with E-state index in [-0.39, 0.29) is 17.7 Å². The Morgan fingerprint density at radius 2 is 2.10 bits per heavy atom. The molecule has 0 saturated carbocycles. The first-order valence-corrected chi connectivity index (χ1v) is 9.95. The Balaban J connectivity index is 1.80. The van der Waals surface area contributed by atoms with E-state index in [0.29, 0.717) is 25.3 Å². The van der Waals surface area contributed by atoms with Crippen molar-refractivity contribution < 1.29 is 14.3 Å². The van der Waals surface area contributed by atoms with Gasteiger partial charge in [0, 0.05) is 56.3 Å². The van der Waals surface area contributed by atoms with Gasteiger partial charge in [0.05, 0.1) is 13.0 Å². The van der Waals surface area contributed by atoms with Crippen LogP contribution in [0.1, 0.15) is 47.1 Å². The number of methoxy groups -OCH3 is 1. The Kier molecular flexibility index (Phi) is 6.93. The molecule has 1 atom stereocenters. The van der Waals surface area contributed by atoms with Gasteiger partial charge in [0.1, 0.15) is 5.69 Å². The molecule has 7 nitrogen and oxygen atoms in total. The number of piperidine rings is 1. The average Bonchev–Trinajstić information content (AvgIpc) is 2.76. The number of hydrogen-bond donors (Lipinski definition) is 1. The van der Waals surface area contributed by atoms with Crippen LogP contribution in [0.3, 0.4) is 0 Å². The summed E-state index contributed by atoms with van der Waals surface area (Å²) in [6, 6.07) is 7.72. The Morgan fingerprint density at radius 3 is 2.79 bits per heavy atom. The molecule has 2 aromatic heterocycles. The van der Waals surface area contributed by atoms with Crippen molar-refractivity contribution in [2.45, 2.75) is 32.1 Å². The van der Waals surface area contributed by atoms with Crippen LogP contribution in [0.5, 0.6) is 0 Å². The zero-order valence-corrected chi connectivity index (χ0v) is 17.3. The number of ether oxygens (including phenoxy) is 1. The van der Waals surface area contributed by atoms with Gasteiger partial charge in [-0.3, -0.25) is 19.6 Å². The third-order valence-corrected chi connectivity index (χ3v) is 5.24. The molecule has 1 unspecified atom stereocenters. The summed E-state index contributed by atoms with van der Waals surface area (Å²) in [7, 11) is 3.20. The second-order valence-corrected chi connectivity index (χ2v) is 7.36. The van der Waals surface area contributed by atoms with E-state index in [0.717, 1.165) is 41.9 Å². The van der Waals surface area contributed by atoms with E-state index in [2.05, 4.69) is 16.4 Å². The molecule has 1 fully saturated rings. The molecule has 1 saturated heterocycles. The maximum atomic E-state index is 12.4. The predicted molar refractivity (Wildman–Crippen MR) is 111 cm³/mol. The SMILES string of the molecule is CNC(=O)c1ccc(-c2cc(C)nc(C3CCCN(C(=O)CCOC)C3)c2)cn1. The highest BCUT2D eigenvalue weighted by Gasteiger charge is 2.26. The molecule has 2 aromatic rings. The summed E-state index contributed by atoms with van der Waals surface area (Å²) in [5, 5.41) is 2.58. The highest BCUT2D eigenvalue weighted by molar-refractivity contribution is 5.92. The van der Waals surface area contributed by atoms with Crippen molar-refractivity contribution in [3.05, 3.63) is 47.5 Å². The number of nitrogens with one attached hydrogen (secondary N) is 1. The first kappa shape index (κ1) is 20.9. The lowest BCUT2D eigenvalue weighted by Gasteiger charge is -2.33. The van der Waals surface area contributed by atoms with Crippen LogP contribution in [0.15, 0.2) is 30.5 Å². The summed E-state index contributed by atoms with van der Waals surface area (Å²) >= 11 is 0. The molecule has 1 N–H and O–H groups in total. The molecule has 0 spiro atoms. The first-order chi connectivity index (χ1) is 14.0. The summed E-state index contributed by atoms with van der Waals surface area (Å²) in [5.74, 6) is 0.147. The number of carbonyl (C=O) groups is 2. The van der Waals surface area contributed by atoms with Gasteiger partial charge < -0.3 is 15.0 Å². The number of aryl methyl sites for hydroxylation is 1. The fourth-order valence-corrected chi connectivity index (χ4v) is 3.69. The summed E-state index contributed by atoms with van der Waals surface area (Å²) in [6.07, 6.45) is 4.11. The fourth-order valence-electron chi connectivity index (χ4n) is 3.69. The molecule has 0 bridgehead atoms. The smallest absolute Gasteiger partial charge is 0.269 e. The minimum absolute atomic E-state index is 0.137. The Labute approximate surface area is 171 Å². The molecule has 154 valence electrons. The predicted octanol–water partition coefficient (Wildman–Crippen LogP) is 2.55. The number of nitrogens with zero attached hydrogens (tertiary/aromatic N) is 3. The van der Waals surface area contributed by atoms with E-state index in [9.17, 15) is 9.59 Å². The van der Waals surface area contributed by atoms with Crippen LogP contribution < -0.4 is 5.32 Å². The van der Waals surface area contributed by atoms with Crippen LogP contribution in [0.25, 0.3) is 11.1 Å². The van der Waals surface area contributed by atoms with Crippen molar-refractivity contribution in [1.29, 1.82) is 0 Å². The van der Waals surface area contributed by atoms with Gasteiger partial charge in [-0.15, -0.1) is 0 Å². The van der Waals surface area contributed by atoms with Gasteiger partial charge in [0.2, 0.25) is 5.91 Å². The molecule has 0 radical (unpaired) electrons. The van der Waals surface area contributed by atoms with Crippen LogP contribution in [-0.2, 0) is 9.53 Å². The average molecular weight is 396 g/mol. The number of rotatable bonds is 6. The van der Waals surface area contributed by atoms with Crippen molar-refractivity contribution in [3.8, 4) is 11.1 Å². The van der Waals surface area contributed by atoms with Crippen LogP contribution >= 0.6 is 0 Å². The van der Waals surface area contributed by atoms with E-state index in [4.69, 9.17) is 9.72 Å². The quantitative estimate of drug-likeness (QED) is 0.811. The lowest BCUT2D eigenvalue weighted by molar-refractivity contribution is -0.133. The number of carbonyl (C=O) groups excluding carboxylic acids is 2. The van der Waals surface area contributed by atoms with Crippen molar-refractivity contribution in [2.75, 3.05) is 33.9 Å². The van der Waals surface area contributed by atoms with Crippen molar-refractivity contribution in [2.24, 2.45) is 0 Å². The summed E-state index contributed by atoms with van der Waals surface area (Å²) in [6.45, 7) is 3.91. The second kappa shape index (κ2) is 9.60. The van der Waals surface area contributed by atoms with E-state index in [1.165, 1.54) is 0 Å². The molecular formula is C22H28N4O3. The largest absolute Gasteiger partial charge is 0.384 e. The number of likely N-dealkylation sites (tertiary alicyclic amines) is 1. The number of amides is 2. The van der Waals surface area contributed by atoms with Crippen LogP contribution in [0.2, 0.25) is 0 Å². The highest BCUT2D eigenvalue weighted by Crippen LogP contribution is 2.29. The lowest BCUT2D eigenvalue weighted by Crippen LogP contribution is -2.39. The van der Waals surface area contributed by atoms with Crippen molar-refractivity contribution >= 4 is 11.8 Å². The zero-order valence-electron chi connectivity index (χ0n) is 17.3. The molecule has 3 rings (SSSR count). The van der Waals surface area contributed by atoms with Gasteiger partial charge >= 0.3 is 0 Å². The third-order valence-electron chi connectivity index (χ3n) is 5.24. The summed E-state index contributed by atoms with van der Waals surface area (Å²) in [5.41, 5.74) is 4.27. The van der Waals surface area contributed by atoms with Gasteiger partial charge in [0.15, 0.2) is 0 Å². The minimum Gasteiger partial charge on any atom is -0.384 e. The van der Waals surface area contributed by atoms with Crippen LogP contribution in [0, 0.1) is 6.92 Å². The number of aromatic nitrogens is 2. The second-order valence-electron chi connectivity index (χ2n) is 7.36. The number of pyridine rings is 2. The van der Waals surface area contributed by atoms with Gasteiger partial charge in [-0.2, -0.15) is 0 Å². The monoisotopic (exact) mass is 396 g/mol. The summed E-state index contributed by atoms with van der Waals surface area (Å²) in [4.78, 5) is 35.0. The zero-order chi connectivity index (χ0) is 20.8. The fraction of sp³-hybridized carbons (Fsp3) is 0.455. The standard InChI is InChI=1S/C22H28N4O3/c1-15-11-18(16-6-7-19(24-13-16)22(28)23-2)12-20(25-15)17-5-4-9-26(14-17)21(27)8-10-29-3/h6-7,11-13,17H,4-5,8-10,14H2,1-3H3,(H,23,28). The number of hydrogen-bond acceptors (Lipinski definition) is 5. The van der Waals surface area contributed by atoms with Crippen LogP contribution in [0.4, 0.5) is 0 Å². The third kappa shape index (κ3) is 5.17. The van der Waals surface area contributed by atoms with Gasteiger partial charge in [-0.25, -0.2) is 0 Å². The Bertz CT molecular complexity index is 867. The molecule has 1 aliphatic heterocycles. The van der Waals surface area contributed by atoms with E-state index in [1.54, 1.807) is 26.4 Å². The topological polar surface area (TPSA) is 84.4 Å². The maximum absolute atomic E-state index is 12.4. The van der Waals surface area contributed by atoms with Crippen molar-refractivity contribution in [1.82, 2.24) is 20.2 Å². The molecule has 29 heavy (non-hydrogen) atoms. The minimum atomic E-state index is -0.205. The molecule has 2 amide bonds. The Morgan fingerprint density at radius 1 is 1.28 bits per heavy atom. The molecule has 1 aliphatic rings. The van der Waals surface area contributed by atoms with Gasteiger partial charge in [0.25, 0.3) is 5.91 Å².